The molecular formula is C23H27N3O2. The standard InChI is InChI=1S/C23H27N3O2/c1-17-11-13-25(14-12-17)20-9-7-19(8-10-20)24-23(28)18-15-22(27)26(16-18)21-5-3-2-4-6-21/h2-10,17-18H,11-16H2,1H3,(H,24,28). The maximum Gasteiger partial charge on any atom is 0.229 e. The summed E-state index contributed by atoms with van der Waals surface area (Å²) in [7, 11) is 0. The van der Waals surface area contributed by atoms with E-state index in [1.165, 1.54) is 18.5 Å². The molecule has 0 saturated carbocycles. The quantitative estimate of drug-likeness (QED) is 0.879. The number of benzene rings is 2. The molecule has 2 fully saturated rings. The van der Waals surface area contributed by atoms with Crippen molar-refractivity contribution in [2.75, 3.05) is 34.8 Å². The number of nitrogens with zero attached hydrogens (tertiary/aromatic N) is 2. The third kappa shape index (κ3) is 4.03. The van der Waals surface area contributed by atoms with Crippen LogP contribution in [-0.2, 0) is 9.59 Å². The molecule has 2 aliphatic heterocycles. The van der Waals surface area contributed by atoms with E-state index < -0.39 is 0 Å². The van der Waals surface area contributed by atoms with Gasteiger partial charge >= 0.3 is 0 Å². The average molecular weight is 377 g/mol. The van der Waals surface area contributed by atoms with Gasteiger partial charge in [0.1, 0.15) is 0 Å². The zero-order valence-corrected chi connectivity index (χ0v) is 16.3. The minimum atomic E-state index is -0.323. The van der Waals surface area contributed by atoms with Gasteiger partial charge in [0.2, 0.25) is 11.8 Å². The largest absolute Gasteiger partial charge is 0.372 e. The first kappa shape index (κ1) is 18.5. The van der Waals surface area contributed by atoms with E-state index in [0.29, 0.717) is 6.54 Å². The summed E-state index contributed by atoms with van der Waals surface area (Å²) < 4.78 is 0. The molecule has 28 heavy (non-hydrogen) atoms. The number of carbonyl (C=O) groups is 2. The van der Waals surface area contributed by atoms with Crippen molar-refractivity contribution in [3.05, 3.63) is 54.6 Å². The third-order valence-corrected chi connectivity index (χ3v) is 5.85. The summed E-state index contributed by atoms with van der Waals surface area (Å²) in [5.41, 5.74) is 2.84. The molecule has 2 heterocycles. The SMILES string of the molecule is CC1CCN(c2ccc(NC(=O)C3CC(=O)N(c4ccccc4)C3)cc2)CC1. The number of rotatable bonds is 4. The van der Waals surface area contributed by atoms with E-state index in [4.69, 9.17) is 0 Å². The summed E-state index contributed by atoms with van der Waals surface area (Å²) in [6.07, 6.45) is 2.71. The highest BCUT2D eigenvalue weighted by molar-refractivity contribution is 6.03. The number of anilines is 3. The summed E-state index contributed by atoms with van der Waals surface area (Å²) in [5.74, 6) is 0.391. The average Bonchev–Trinajstić information content (AvgIpc) is 3.12. The van der Waals surface area contributed by atoms with Crippen molar-refractivity contribution < 1.29 is 9.59 Å². The Balaban J connectivity index is 1.35. The van der Waals surface area contributed by atoms with Crippen molar-refractivity contribution in [3.8, 4) is 0 Å². The Hall–Kier alpha value is -2.82. The zero-order chi connectivity index (χ0) is 19.5. The van der Waals surface area contributed by atoms with Crippen LogP contribution in [0.25, 0.3) is 0 Å². The minimum Gasteiger partial charge on any atom is -0.372 e. The fourth-order valence-corrected chi connectivity index (χ4v) is 4.01. The fraction of sp³-hybridized carbons (Fsp3) is 0.391. The maximum absolute atomic E-state index is 12.7. The van der Waals surface area contributed by atoms with Gasteiger partial charge in [-0.15, -0.1) is 0 Å². The molecule has 1 atom stereocenters. The second-order valence-electron chi connectivity index (χ2n) is 7.95. The first-order valence-electron chi connectivity index (χ1n) is 10.1. The van der Waals surface area contributed by atoms with E-state index in [1.807, 2.05) is 42.5 Å². The lowest BCUT2D eigenvalue weighted by molar-refractivity contribution is -0.122. The summed E-state index contributed by atoms with van der Waals surface area (Å²) in [6.45, 7) is 4.92. The first-order chi connectivity index (χ1) is 13.6. The third-order valence-electron chi connectivity index (χ3n) is 5.85. The smallest absolute Gasteiger partial charge is 0.229 e. The van der Waals surface area contributed by atoms with Gasteiger partial charge in [-0.25, -0.2) is 0 Å². The van der Waals surface area contributed by atoms with Crippen LogP contribution in [0.1, 0.15) is 26.2 Å². The molecule has 0 radical (unpaired) electrons. The number of amides is 2. The van der Waals surface area contributed by atoms with Crippen LogP contribution >= 0.6 is 0 Å². The van der Waals surface area contributed by atoms with E-state index >= 15 is 0 Å². The van der Waals surface area contributed by atoms with Crippen LogP contribution < -0.4 is 15.1 Å². The van der Waals surface area contributed by atoms with Gasteiger partial charge < -0.3 is 15.1 Å². The zero-order valence-electron chi connectivity index (χ0n) is 16.3. The Labute approximate surface area is 166 Å². The number of nitrogens with one attached hydrogen (secondary N) is 1. The summed E-state index contributed by atoms with van der Waals surface area (Å²) >= 11 is 0. The van der Waals surface area contributed by atoms with Crippen LogP contribution in [0, 0.1) is 11.8 Å². The molecule has 0 spiro atoms. The van der Waals surface area contributed by atoms with Crippen LogP contribution in [0.15, 0.2) is 54.6 Å². The van der Waals surface area contributed by atoms with Crippen molar-refractivity contribution in [1.29, 1.82) is 0 Å². The van der Waals surface area contributed by atoms with Crippen molar-refractivity contribution in [3.63, 3.8) is 0 Å². The minimum absolute atomic E-state index is 0.000949. The Kier molecular flexibility index (Phi) is 5.33. The molecule has 2 aromatic carbocycles. The summed E-state index contributed by atoms with van der Waals surface area (Å²) in [6, 6.07) is 17.6. The molecule has 2 saturated heterocycles. The highest BCUT2D eigenvalue weighted by Crippen LogP contribution is 2.27. The van der Waals surface area contributed by atoms with Crippen LogP contribution in [0.4, 0.5) is 17.1 Å². The monoisotopic (exact) mass is 377 g/mol. The molecule has 5 nitrogen and oxygen atoms in total. The second kappa shape index (κ2) is 8.05. The maximum atomic E-state index is 12.7. The molecule has 2 aliphatic rings. The van der Waals surface area contributed by atoms with Crippen molar-refractivity contribution in [1.82, 2.24) is 0 Å². The summed E-state index contributed by atoms with van der Waals surface area (Å²) in [5, 5.41) is 2.98. The molecule has 0 bridgehead atoms. The second-order valence-corrected chi connectivity index (χ2v) is 7.95. The Morgan fingerprint density at radius 1 is 0.964 bits per heavy atom. The molecule has 1 unspecified atom stereocenters. The van der Waals surface area contributed by atoms with Crippen molar-refractivity contribution in [2.45, 2.75) is 26.2 Å². The predicted molar refractivity (Wildman–Crippen MR) is 113 cm³/mol. The number of hydrogen-bond donors (Lipinski definition) is 1. The predicted octanol–water partition coefficient (Wildman–Crippen LogP) is 3.91. The highest BCUT2D eigenvalue weighted by atomic mass is 16.2. The molecule has 0 aliphatic carbocycles. The molecule has 2 amide bonds. The van der Waals surface area contributed by atoms with Crippen LogP contribution in [0.5, 0.6) is 0 Å². The van der Waals surface area contributed by atoms with Gasteiger partial charge in [0.05, 0.1) is 5.92 Å². The molecule has 2 aromatic rings. The van der Waals surface area contributed by atoms with Gasteiger partial charge in [0, 0.05) is 43.1 Å². The van der Waals surface area contributed by atoms with E-state index in [-0.39, 0.29) is 24.2 Å². The molecule has 0 aromatic heterocycles. The highest BCUT2D eigenvalue weighted by Gasteiger charge is 2.35. The van der Waals surface area contributed by atoms with Crippen molar-refractivity contribution in [2.24, 2.45) is 11.8 Å². The van der Waals surface area contributed by atoms with Gasteiger partial charge in [-0.1, -0.05) is 25.1 Å². The van der Waals surface area contributed by atoms with Crippen LogP contribution in [0.3, 0.4) is 0 Å². The summed E-state index contributed by atoms with van der Waals surface area (Å²) in [4.78, 5) is 29.1. The number of piperidine rings is 1. The lowest BCUT2D eigenvalue weighted by Gasteiger charge is -2.32. The molecule has 4 rings (SSSR count). The molecule has 5 heteroatoms. The van der Waals surface area contributed by atoms with Gasteiger partial charge in [-0.3, -0.25) is 9.59 Å². The first-order valence-corrected chi connectivity index (χ1v) is 10.1. The van der Waals surface area contributed by atoms with Crippen LogP contribution in [0.2, 0.25) is 0 Å². The van der Waals surface area contributed by atoms with E-state index in [0.717, 1.165) is 30.4 Å². The number of hydrogen-bond acceptors (Lipinski definition) is 3. The fourth-order valence-electron chi connectivity index (χ4n) is 4.01. The van der Waals surface area contributed by atoms with Crippen molar-refractivity contribution >= 4 is 28.9 Å². The number of para-hydroxylation sites is 1. The Morgan fingerprint density at radius 2 is 1.64 bits per heavy atom. The van der Waals surface area contributed by atoms with E-state index in [9.17, 15) is 9.59 Å². The van der Waals surface area contributed by atoms with E-state index in [1.54, 1.807) is 4.90 Å². The lowest BCUT2D eigenvalue weighted by Crippen LogP contribution is -2.32. The van der Waals surface area contributed by atoms with Gasteiger partial charge in [0.25, 0.3) is 0 Å². The van der Waals surface area contributed by atoms with E-state index in [2.05, 4.69) is 29.3 Å². The Morgan fingerprint density at radius 3 is 2.32 bits per heavy atom. The lowest BCUT2D eigenvalue weighted by atomic mass is 9.99. The van der Waals surface area contributed by atoms with Gasteiger partial charge in [-0.05, 0) is 55.2 Å². The van der Waals surface area contributed by atoms with Gasteiger partial charge in [-0.2, -0.15) is 0 Å². The van der Waals surface area contributed by atoms with Crippen LogP contribution in [-0.4, -0.2) is 31.4 Å². The molecule has 1 N–H and O–H groups in total. The van der Waals surface area contributed by atoms with Gasteiger partial charge in [0.15, 0.2) is 0 Å². The Bertz CT molecular complexity index is 827. The molecule has 146 valence electrons. The normalized spacial score (nSPS) is 20.5. The number of carbonyl (C=O) groups excluding carboxylic acids is 2. The molecular weight excluding hydrogens is 350 g/mol. The topological polar surface area (TPSA) is 52.7 Å².